The van der Waals surface area contributed by atoms with Gasteiger partial charge in [-0.1, -0.05) is 35.3 Å². The zero-order chi connectivity index (χ0) is 19.2. The van der Waals surface area contributed by atoms with Crippen molar-refractivity contribution in [2.75, 3.05) is 36.5 Å². The van der Waals surface area contributed by atoms with Crippen LogP contribution in [-0.4, -0.2) is 32.2 Å². The molecular weight excluding hydrogens is 385 g/mol. The Morgan fingerprint density at radius 3 is 2.48 bits per heavy atom. The Balaban J connectivity index is 1.73. The number of hydrogen-bond donors (Lipinski definition) is 1. The highest BCUT2D eigenvalue weighted by molar-refractivity contribution is 6.36. The SMILES string of the molecule is N#C/C(=C\c1ccc(N2CCOCC2)cc1)C(=O)Nc1ccc(Cl)cc1Cl. The molecule has 0 unspecified atom stereocenters. The molecule has 3 rings (SSSR count). The van der Waals surface area contributed by atoms with E-state index in [-0.39, 0.29) is 5.57 Å². The summed E-state index contributed by atoms with van der Waals surface area (Å²) < 4.78 is 5.35. The Bertz CT molecular complexity index is 898. The van der Waals surface area contributed by atoms with Gasteiger partial charge in [0.05, 0.1) is 23.9 Å². The van der Waals surface area contributed by atoms with Gasteiger partial charge in [-0.2, -0.15) is 5.26 Å². The van der Waals surface area contributed by atoms with Gasteiger partial charge in [0.15, 0.2) is 0 Å². The number of carbonyl (C=O) groups excluding carboxylic acids is 1. The lowest BCUT2D eigenvalue weighted by Crippen LogP contribution is -2.36. The molecule has 5 nitrogen and oxygen atoms in total. The van der Waals surface area contributed by atoms with Gasteiger partial charge in [0, 0.05) is 23.8 Å². The van der Waals surface area contributed by atoms with E-state index in [0.29, 0.717) is 28.9 Å². The van der Waals surface area contributed by atoms with Crippen molar-refractivity contribution < 1.29 is 9.53 Å². The number of rotatable bonds is 4. The zero-order valence-corrected chi connectivity index (χ0v) is 15.9. The third-order valence-electron chi connectivity index (χ3n) is 4.12. The van der Waals surface area contributed by atoms with Crippen molar-refractivity contribution in [2.45, 2.75) is 0 Å². The minimum atomic E-state index is -0.529. The summed E-state index contributed by atoms with van der Waals surface area (Å²) in [5.41, 5.74) is 2.24. The average molecular weight is 402 g/mol. The first kappa shape index (κ1) is 19.2. The molecule has 0 saturated carbocycles. The van der Waals surface area contributed by atoms with Gasteiger partial charge in [-0.25, -0.2) is 0 Å². The van der Waals surface area contributed by atoms with Crippen LogP contribution in [0.15, 0.2) is 48.0 Å². The van der Waals surface area contributed by atoms with Crippen LogP contribution >= 0.6 is 23.2 Å². The predicted molar refractivity (Wildman–Crippen MR) is 108 cm³/mol. The van der Waals surface area contributed by atoms with E-state index in [1.165, 1.54) is 6.07 Å². The number of benzene rings is 2. The molecule has 138 valence electrons. The van der Waals surface area contributed by atoms with Gasteiger partial charge >= 0.3 is 0 Å². The molecule has 0 bridgehead atoms. The van der Waals surface area contributed by atoms with Crippen molar-refractivity contribution in [3.8, 4) is 6.07 Å². The monoisotopic (exact) mass is 401 g/mol. The molecule has 0 atom stereocenters. The Morgan fingerprint density at radius 1 is 1.15 bits per heavy atom. The Labute approximate surface area is 167 Å². The summed E-state index contributed by atoms with van der Waals surface area (Å²) >= 11 is 11.9. The van der Waals surface area contributed by atoms with Gasteiger partial charge in [0.1, 0.15) is 11.6 Å². The average Bonchev–Trinajstić information content (AvgIpc) is 2.69. The highest BCUT2D eigenvalue weighted by Crippen LogP contribution is 2.26. The fraction of sp³-hybridized carbons (Fsp3) is 0.200. The van der Waals surface area contributed by atoms with Crippen molar-refractivity contribution in [1.82, 2.24) is 0 Å². The number of amides is 1. The maximum atomic E-state index is 12.4. The van der Waals surface area contributed by atoms with Crippen LogP contribution < -0.4 is 10.2 Å². The molecule has 0 spiro atoms. The lowest BCUT2D eigenvalue weighted by molar-refractivity contribution is -0.112. The molecule has 0 aliphatic carbocycles. The van der Waals surface area contributed by atoms with Gasteiger partial charge in [-0.3, -0.25) is 4.79 Å². The summed E-state index contributed by atoms with van der Waals surface area (Å²) in [6.07, 6.45) is 1.54. The second kappa shape index (κ2) is 8.92. The third-order valence-corrected chi connectivity index (χ3v) is 4.67. The minimum absolute atomic E-state index is 0.0138. The normalized spacial score (nSPS) is 14.6. The summed E-state index contributed by atoms with van der Waals surface area (Å²) in [6.45, 7) is 3.13. The first-order valence-electron chi connectivity index (χ1n) is 8.38. The van der Waals surface area contributed by atoms with Crippen molar-refractivity contribution >= 4 is 46.6 Å². The largest absolute Gasteiger partial charge is 0.378 e. The molecule has 2 aromatic rings. The summed E-state index contributed by atoms with van der Waals surface area (Å²) in [7, 11) is 0. The number of hydrogen-bond acceptors (Lipinski definition) is 4. The zero-order valence-electron chi connectivity index (χ0n) is 14.4. The molecule has 7 heteroatoms. The molecule has 1 heterocycles. The standard InChI is InChI=1S/C20H17Cl2N3O2/c21-16-3-6-19(18(22)12-16)24-20(26)15(13-23)11-14-1-4-17(5-2-14)25-7-9-27-10-8-25/h1-6,11-12H,7-10H2,(H,24,26)/b15-11+. The molecule has 0 aromatic heterocycles. The first-order chi connectivity index (χ1) is 13.1. The van der Waals surface area contributed by atoms with Crippen molar-refractivity contribution in [3.63, 3.8) is 0 Å². The number of nitrogens with one attached hydrogen (secondary N) is 1. The number of nitriles is 1. The van der Waals surface area contributed by atoms with E-state index in [9.17, 15) is 10.1 Å². The lowest BCUT2D eigenvalue weighted by Gasteiger charge is -2.28. The van der Waals surface area contributed by atoms with Crippen LogP contribution in [0.5, 0.6) is 0 Å². The number of ether oxygens (including phenoxy) is 1. The van der Waals surface area contributed by atoms with E-state index < -0.39 is 5.91 Å². The lowest BCUT2D eigenvalue weighted by atomic mass is 10.1. The Hall–Kier alpha value is -2.52. The fourth-order valence-electron chi connectivity index (χ4n) is 2.70. The quantitative estimate of drug-likeness (QED) is 0.609. The maximum Gasteiger partial charge on any atom is 0.266 e. The van der Waals surface area contributed by atoms with Crippen LogP contribution in [0.1, 0.15) is 5.56 Å². The number of morpholine rings is 1. The van der Waals surface area contributed by atoms with E-state index in [4.69, 9.17) is 27.9 Å². The van der Waals surface area contributed by atoms with Gasteiger partial charge in [-0.15, -0.1) is 0 Å². The van der Waals surface area contributed by atoms with Crippen molar-refractivity contribution in [1.29, 1.82) is 5.26 Å². The van der Waals surface area contributed by atoms with E-state index in [1.807, 2.05) is 30.3 Å². The maximum absolute atomic E-state index is 12.4. The van der Waals surface area contributed by atoms with Crippen LogP contribution in [0.3, 0.4) is 0 Å². The van der Waals surface area contributed by atoms with Gasteiger partial charge in [0.25, 0.3) is 5.91 Å². The predicted octanol–water partition coefficient (Wildman–Crippen LogP) is 4.38. The van der Waals surface area contributed by atoms with E-state index >= 15 is 0 Å². The molecule has 0 radical (unpaired) electrons. The second-order valence-corrected chi connectivity index (χ2v) is 6.78. The smallest absolute Gasteiger partial charge is 0.266 e. The van der Waals surface area contributed by atoms with Crippen molar-refractivity contribution in [2.24, 2.45) is 0 Å². The second-order valence-electron chi connectivity index (χ2n) is 5.94. The van der Waals surface area contributed by atoms with Crippen LogP contribution in [0, 0.1) is 11.3 Å². The highest BCUT2D eigenvalue weighted by Gasteiger charge is 2.13. The first-order valence-corrected chi connectivity index (χ1v) is 9.13. The summed E-state index contributed by atoms with van der Waals surface area (Å²) in [5, 5.41) is 12.8. The summed E-state index contributed by atoms with van der Waals surface area (Å²) in [6, 6.07) is 14.4. The summed E-state index contributed by atoms with van der Waals surface area (Å²) in [5.74, 6) is -0.529. The third kappa shape index (κ3) is 5.01. The minimum Gasteiger partial charge on any atom is -0.378 e. The molecule has 1 aliphatic heterocycles. The molecule has 1 aliphatic rings. The molecule has 1 amide bonds. The van der Waals surface area contributed by atoms with Crippen LogP contribution in [0.2, 0.25) is 10.0 Å². The van der Waals surface area contributed by atoms with Crippen molar-refractivity contribution in [3.05, 3.63) is 63.6 Å². The van der Waals surface area contributed by atoms with Gasteiger partial charge < -0.3 is 15.0 Å². The van der Waals surface area contributed by atoms with Crippen LogP contribution in [0.25, 0.3) is 6.08 Å². The van der Waals surface area contributed by atoms with E-state index in [1.54, 1.807) is 18.2 Å². The number of carbonyl (C=O) groups is 1. The molecule has 2 aromatic carbocycles. The highest BCUT2D eigenvalue weighted by atomic mass is 35.5. The molecule has 1 N–H and O–H groups in total. The molecule has 1 saturated heterocycles. The number of halogens is 2. The van der Waals surface area contributed by atoms with Crippen LogP contribution in [0.4, 0.5) is 11.4 Å². The van der Waals surface area contributed by atoms with E-state index in [2.05, 4.69) is 10.2 Å². The summed E-state index contributed by atoms with van der Waals surface area (Å²) in [4.78, 5) is 14.6. The fourth-order valence-corrected chi connectivity index (χ4v) is 3.15. The molecular formula is C20H17Cl2N3O2. The number of nitrogens with zero attached hydrogens (tertiary/aromatic N) is 2. The number of anilines is 2. The Morgan fingerprint density at radius 2 is 1.85 bits per heavy atom. The molecule has 1 fully saturated rings. The van der Waals surface area contributed by atoms with Gasteiger partial charge in [-0.05, 0) is 42.0 Å². The molecule has 27 heavy (non-hydrogen) atoms. The van der Waals surface area contributed by atoms with Gasteiger partial charge in [0.2, 0.25) is 0 Å². The Kier molecular flexibility index (Phi) is 6.36. The van der Waals surface area contributed by atoms with E-state index in [0.717, 1.165) is 24.3 Å². The van der Waals surface area contributed by atoms with Crippen LogP contribution in [-0.2, 0) is 9.53 Å². The topological polar surface area (TPSA) is 65.4 Å².